The van der Waals surface area contributed by atoms with E-state index in [-0.39, 0.29) is 18.1 Å². The molecule has 6 heteroatoms. The van der Waals surface area contributed by atoms with Gasteiger partial charge in [0.05, 0.1) is 37.2 Å². The van der Waals surface area contributed by atoms with Crippen LogP contribution in [0.25, 0.3) is 0 Å². The van der Waals surface area contributed by atoms with Crippen LogP contribution < -0.4 is 4.74 Å². The number of para-hydroxylation sites is 1. The zero-order valence-corrected chi connectivity index (χ0v) is 15.0. The number of likely N-dealkylation sites (tertiary alicyclic amines) is 1. The van der Waals surface area contributed by atoms with Crippen LogP contribution in [0.2, 0.25) is 5.02 Å². The van der Waals surface area contributed by atoms with Crippen LogP contribution in [0.1, 0.15) is 20.3 Å². The normalized spacial score (nSPS) is 22.5. The van der Waals surface area contributed by atoms with Crippen molar-refractivity contribution in [2.24, 2.45) is 0 Å². The highest BCUT2D eigenvalue weighted by atomic mass is 35.5. The molecule has 3 rings (SSSR count). The predicted octanol–water partition coefficient (Wildman–Crippen LogP) is 2.43. The number of carbonyl (C=O) groups is 1. The van der Waals surface area contributed by atoms with Crippen molar-refractivity contribution in [1.82, 2.24) is 9.80 Å². The average Bonchev–Trinajstić information content (AvgIpc) is 2.52. The largest absolute Gasteiger partial charge is 0.485 e. The molecule has 1 aromatic rings. The maximum absolute atomic E-state index is 12.4. The molecule has 0 aliphatic carbocycles. The van der Waals surface area contributed by atoms with E-state index in [9.17, 15) is 4.79 Å². The quantitative estimate of drug-likeness (QED) is 0.816. The van der Waals surface area contributed by atoms with Crippen molar-refractivity contribution in [2.45, 2.75) is 38.5 Å². The summed E-state index contributed by atoms with van der Waals surface area (Å²) in [6.07, 6.45) is 0.465. The molecular weight excluding hydrogens is 328 g/mol. The van der Waals surface area contributed by atoms with Gasteiger partial charge in [0.25, 0.3) is 0 Å². The van der Waals surface area contributed by atoms with E-state index in [4.69, 9.17) is 21.1 Å². The Morgan fingerprint density at radius 2 is 2.08 bits per heavy atom. The Morgan fingerprint density at radius 1 is 1.33 bits per heavy atom. The fourth-order valence-electron chi connectivity index (χ4n) is 3.09. The Labute approximate surface area is 148 Å². The van der Waals surface area contributed by atoms with Gasteiger partial charge in [-0.3, -0.25) is 9.69 Å². The van der Waals surface area contributed by atoms with Gasteiger partial charge in [-0.2, -0.15) is 0 Å². The van der Waals surface area contributed by atoms with E-state index >= 15 is 0 Å². The van der Waals surface area contributed by atoms with E-state index in [0.717, 1.165) is 13.1 Å². The molecule has 0 radical (unpaired) electrons. The van der Waals surface area contributed by atoms with Gasteiger partial charge in [-0.15, -0.1) is 0 Å². The first-order valence-electron chi connectivity index (χ1n) is 8.57. The lowest BCUT2D eigenvalue weighted by atomic mass is 10.1. The molecule has 2 aliphatic heterocycles. The van der Waals surface area contributed by atoms with E-state index < -0.39 is 0 Å². The minimum Gasteiger partial charge on any atom is -0.485 e. The lowest BCUT2D eigenvalue weighted by Gasteiger charge is -2.41. The second kappa shape index (κ2) is 7.72. The molecule has 5 nitrogen and oxygen atoms in total. The Morgan fingerprint density at radius 3 is 2.79 bits per heavy atom. The lowest BCUT2D eigenvalue weighted by Crippen LogP contribution is -2.57. The molecule has 0 bridgehead atoms. The van der Waals surface area contributed by atoms with Crippen LogP contribution in [0.5, 0.6) is 5.75 Å². The Bertz CT molecular complexity index is 575. The molecule has 0 unspecified atom stereocenters. The lowest BCUT2D eigenvalue weighted by molar-refractivity contribution is -0.145. The molecule has 24 heavy (non-hydrogen) atoms. The summed E-state index contributed by atoms with van der Waals surface area (Å²) in [5.74, 6) is 0.823. The van der Waals surface area contributed by atoms with Crippen LogP contribution in [-0.2, 0) is 9.53 Å². The number of hydrogen-bond donors (Lipinski definition) is 0. The van der Waals surface area contributed by atoms with Crippen molar-refractivity contribution >= 4 is 17.5 Å². The highest BCUT2D eigenvalue weighted by molar-refractivity contribution is 6.32. The average molecular weight is 353 g/mol. The zero-order chi connectivity index (χ0) is 17.1. The van der Waals surface area contributed by atoms with Gasteiger partial charge in [-0.1, -0.05) is 23.7 Å². The van der Waals surface area contributed by atoms with Crippen molar-refractivity contribution in [2.75, 3.05) is 32.8 Å². The molecular formula is C18H25ClN2O3. The molecule has 2 saturated heterocycles. The molecule has 0 spiro atoms. The molecule has 0 aromatic heterocycles. The Hall–Kier alpha value is -1.30. The number of morpholine rings is 1. The summed E-state index contributed by atoms with van der Waals surface area (Å²) in [5.41, 5.74) is 0. The number of carbonyl (C=O) groups excluding carboxylic acids is 1. The smallest absolute Gasteiger partial charge is 0.225 e. The summed E-state index contributed by atoms with van der Waals surface area (Å²) >= 11 is 6.09. The molecule has 0 saturated carbocycles. The topological polar surface area (TPSA) is 42.0 Å². The monoisotopic (exact) mass is 352 g/mol. The third-order valence-corrected chi connectivity index (χ3v) is 4.95. The number of amides is 1. The fraction of sp³-hybridized carbons (Fsp3) is 0.611. The van der Waals surface area contributed by atoms with E-state index in [1.807, 2.05) is 23.1 Å². The first-order valence-corrected chi connectivity index (χ1v) is 8.95. The number of benzene rings is 1. The van der Waals surface area contributed by atoms with Gasteiger partial charge in [0.2, 0.25) is 5.91 Å². The van der Waals surface area contributed by atoms with Crippen molar-refractivity contribution in [3.8, 4) is 5.75 Å². The number of hydrogen-bond acceptors (Lipinski definition) is 4. The van der Waals surface area contributed by atoms with Crippen LogP contribution in [0, 0.1) is 0 Å². The standard InChI is InChI=1S/C18H25ClN2O3/c1-13(2)20-7-8-23-14(10-20)9-18(22)21-11-15(12-21)24-17-6-4-3-5-16(17)19/h3-6,13-15H,7-12H2,1-2H3/t14-/m0/s1. The van der Waals surface area contributed by atoms with Crippen LogP contribution in [0.4, 0.5) is 0 Å². The molecule has 132 valence electrons. The predicted molar refractivity (Wildman–Crippen MR) is 93.5 cm³/mol. The van der Waals surface area contributed by atoms with Gasteiger partial charge < -0.3 is 14.4 Å². The maximum atomic E-state index is 12.4. The third kappa shape index (κ3) is 4.21. The molecule has 0 N–H and O–H groups in total. The maximum Gasteiger partial charge on any atom is 0.225 e. The van der Waals surface area contributed by atoms with Gasteiger partial charge in [0, 0.05) is 19.1 Å². The van der Waals surface area contributed by atoms with E-state index in [1.54, 1.807) is 6.07 Å². The van der Waals surface area contributed by atoms with Gasteiger partial charge >= 0.3 is 0 Å². The fourth-order valence-corrected chi connectivity index (χ4v) is 3.27. The molecule has 2 aliphatic rings. The molecule has 1 aromatic carbocycles. The van der Waals surface area contributed by atoms with Gasteiger partial charge in [-0.25, -0.2) is 0 Å². The van der Waals surface area contributed by atoms with Gasteiger partial charge in [0.15, 0.2) is 0 Å². The Balaban J connectivity index is 1.43. The summed E-state index contributed by atoms with van der Waals surface area (Å²) in [7, 11) is 0. The van der Waals surface area contributed by atoms with Crippen LogP contribution in [0.15, 0.2) is 24.3 Å². The van der Waals surface area contributed by atoms with Crippen molar-refractivity contribution < 1.29 is 14.3 Å². The zero-order valence-electron chi connectivity index (χ0n) is 14.3. The number of halogens is 1. The summed E-state index contributed by atoms with van der Waals surface area (Å²) in [4.78, 5) is 16.6. The second-order valence-electron chi connectivity index (χ2n) is 6.75. The van der Waals surface area contributed by atoms with Gasteiger partial charge in [0.1, 0.15) is 11.9 Å². The second-order valence-corrected chi connectivity index (χ2v) is 7.16. The molecule has 2 fully saturated rings. The van der Waals surface area contributed by atoms with E-state index in [0.29, 0.717) is 42.9 Å². The van der Waals surface area contributed by atoms with Crippen LogP contribution in [-0.4, -0.2) is 66.7 Å². The summed E-state index contributed by atoms with van der Waals surface area (Å²) in [6, 6.07) is 7.91. The van der Waals surface area contributed by atoms with Gasteiger partial charge in [-0.05, 0) is 26.0 Å². The van der Waals surface area contributed by atoms with Crippen molar-refractivity contribution in [1.29, 1.82) is 0 Å². The highest BCUT2D eigenvalue weighted by Gasteiger charge is 2.34. The minimum atomic E-state index is -0.00261. The highest BCUT2D eigenvalue weighted by Crippen LogP contribution is 2.26. The summed E-state index contributed by atoms with van der Waals surface area (Å²) in [5, 5.41) is 0.603. The van der Waals surface area contributed by atoms with E-state index in [2.05, 4.69) is 18.7 Å². The molecule has 1 amide bonds. The van der Waals surface area contributed by atoms with Crippen molar-refractivity contribution in [3.05, 3.63) is 29.3 Å². The third-order valence-electron chi connectivity index (χ3n) is 4.63. The minimum absolute atomic E-state index is 0.00261. The molecule has 1 atom stereocenters. The van der Waals surface area contributed by atoms with Crippen molar-refractivity contribution in [3.63, 3.8) is 0 Å². The number of nitrogens with zero attached hydrogens (tertiary/aromatic N) is 2. The number of ether oxygens (including phenoxy) is 2. The summed E-state index contributed by atoms with van der Waals surface area (Å²) in [6.45, 7) is 8.06. The SMILES string of the molecule is CC(C)N1CCO[C@@H](CC(=O)N2CC(Oc3ccccc3Cl)C2)C1. The number of rotatable bonds is 5. The van der Waals surface area contributed by atoms with E-state index in [1.165, 1.54) is 0 Å². The first kappa shape index (κ1) is 17.5. The Kier molecular flexibility index (Phi) is 5.64. The first-order chi connectivity index (χ1) is 11.5. The van der Waals surface area contributed by atoms with Crippen LogP contribution >= 0.6 is 11.6 Å². The molecule has 2 heterocycles. The van der Waals surface area contributed by atoms with Crippen LogP contribution in [0.3, 0.4) is 0 Å². The summed E-state index contributed by atoms with van der Waals surface area (Å²) < 4.78 is 11.6.